The number of H-pyrrole nitrogens is 1. The van der Waals surface area contributed by atoms with Crippen molar-refractivity contribution in [2.45, 2.75) is 19.3 Å². The van der Waals surface area contributed by atoms with E-state index in [1.165, 1.54) is 0 Å². The number of hydrogen-bond donors (Lipinski definition) is 1. The molecule has 4 heteroatoms. The van der Waals surface area contributed by atoms with E-state index in [1.807, 2.05) is 18.3 Å². The lowest BCUT2D eigenvalue weighted by molar-refractivity contribution is 0.662. The molecule has 2 aromatic rings. The van der Waals surface area contributed by atoms with Crippen LogP contribution in [-0.4, -0.2) is 9.97 Å². The Kier molecular flexibility index (Phi) is 2.08. The van der Waals surface area contributed by atoms with Gasteiger partial charge < -0.3 is 4.98 Å². The fourth-order valence-electron chi connectivity index (χ4n) is 1.77. The van der Waals surface area contributed by atoms with E-state index in [-0.39, 0.29) is 5.41 Å². The van der Waals surface area contributed by atoms with Crippen LogP contribution in [-0.2, 0) is 6.42 Å². The monoisotopic (exact) mass is 229 g/mol. The molecule has 1 aliphatic rings. The second kappa shape index (κ2) is 3.46. The molecule has 0 radical (unpaired) electrons. The molecule has 0 bridgehead atoms. The van der Waals surface area contributed by atoms with E-state index in [0.717, 1.165) is 35.7 Å². The number of aromatic amines is 1. The zero-order valence-corrected chi connectivity index (χ0v) is 9.55. The summed E-state index contributed by atoms with van der Waals surface area (Å²) in [6.07, 6.45) is 4.77. The number of nitriles is 1. The van der Waals surface area contributed by atoms with Crippen molar-refractivity contribution < 1.29 is 0 Å². The van der Waals surface area contributed by atoms with Crippen LogP contribution < -0.4 is 0 Å². The van der Waals surface area contributed by atoms with Gasteiger partial charge in [0.25, 0.3) is 0 Å². The third-order valence-corrected chi connectivity index (χ3v) is 3.85. The number of thiazole rings is 1. The number of nitrogens with one attached hydrogen (secondary N) is 1. The molecule has 1 aliphatic carbocycles. The van der Waals surface area contributed by atoms with Crippen molar-refractivity contribution in [1.29, 1.82) is 5.26 Å². The largest absolute Gasteiger partial charge is 0.360 e. The number of hydrogen-bond acceptors (Lipinski definition) is 3. The van der Waals surface area contributed by atoms with Gasteiger partial charge >= 0.3 is 0 Å². The summed E-state index contributed by atoms with van der Waals surface area (Å²) in [6, 6.07) is 6.38. The van der Waals surface area contributed by atoms with Crippen molar-refractivity contribution in [3.63, 3.8) is 0 Å². The van der Waals surface area contributed by atoms with Crippen molar-refractivity contribution in [3.05, 3.63) is 28.7 Å². The van der Waals surface area contributed by atoms with E-state index in [2.05, 4.69) is 21.4 Å². The first-order chi connectivity index (χ1) is 7.81. The van der Waals surface area contributed by atoms with Crippen LogP contribution in [0.1, 0.15) is 17.8 Å². The highest BCUT2D eigenvalue weighted by molar-refractivity contribution is 7.09. The molecule has 0 unspecified atom stereocenters. The van der Waals surface area contributed by atoms with Gasteiger partial charge in [0.1, 0.15) is 0 Å². The second-order valence-electron chi connectivity index (χ2n) is 4.28. The van der Waals surface area contributed by atoms with Crippen LogP contribution in [0.4, 0.5) is 0 Å². The van der Waals surface area contributed by atoms with Crippen LogP contribution in [0.3, 0.4) is 0 Å². The molecule has 1 saturated carbocycles. The second-order valence-corrected chi connectivity index (χ2v) is 5.22. The van der Waals surface area contributed by atoms with E-state index in [1.54, 1.807) is 11.3 Å². The topological polar surface area (TPSA) is 52.5 Å². The summed E-state index contributed by atoms with van der Waals surface area (Å²) < 4.78 is 0. The quantitative estimate of drug-likeness (QED) is 0.879. The smallest absolute Gasteiger partial charge is 0.0976 e. The maximum atomic E-state index is 9.03. The summed E-state index contributed by atoms with van der Waals surface area (Å²) in [4.78, 5) is 7.70. The van der Waals surface area contributed by atoms with Gasteiger partial charge in [-0.1, -0.05) is 0 Å². The summed E-state index contributed by atoms with van der Waals surface area (Å²) in [5.74, 6) is 0. The van der Waals surface area contributed by atoms with Crippen LogP contribution in [0.2, 0.25) is 0 Å². The standard InChI is InChI=1S/C12H11N3S/c13-8-12(3-4-12)6-11-15-10(7-16-11)9-2-1-5-14-9/h1-2,5,7,14H,3-4,6H2. The Morgan fingerprint density at radius 3 is 3.06 bits per heavy atom. The van der Waals surface area contributed by atoms with Crippen molar-refractivity contribution in [2.24, 2.45) is 5.41 Å². The molecule has 3 rings (SSSR count). The van der Waals surface area contributed by atoms with Gasteiger partial charge in [-0.25, -0.2) is 4.98 Å². The molecular weight excluding hydrogens is 218 g/mol. The highest BCUT2D eigenvalue weighted by atomic mass is 32.1. The normalized spacial score (nSPS) is 16.9. The van der Waals surface area contributed by atoms with Crippen LogP contribution in [0.25, 0.3) is 11.4 Å². The van der Waals surface area contributed by atoms with E-state index >= 15 is 0 Å². The molecule has 2 heterocycles. The first-order valence-corrected chi connectivity index (χ1v) is 6.19. The van der Waals surface area contributed by atoms with Crippen molar-refractivity contribution in [2.75, 3.05) is 0 Å². The molecule has 0 aliphatic heterocycles. The summed E-state index contributed by atoms with van der Waals surface area (Å²) in [5.41, 5.74) is 1.94. The van der Waals surface area contributed by atoms with Gasteiger partial charge in [-0.05, 0) is 25.0 Å². The predicted octanol–water partition coefficient (Wildman–Crippen LogP) is 2.98. The summed E-state index contributed by atoms with van der Waals surface area (Å²) in [6.45, 7) is 0. The molecular formula is C12H11N3S. The van der Waals surface area contributed by atoms with Crippen LogP contribution in [0.15, 0.2) is 23.7 Å². The Labute approximate surface area is 97.8 Å². The fraction of sp³-hybridized carbons (Fsp3) is 0.333. The minimum atomic E-state index is -0.0924. The first kappa shape index (κ1) is 9.61. The Bertz CT molecular complexity index is 529. The maximum Gasteiger partial charge on any atom is 0.0976 e. The SMILES string of the molecule is N#CC1(Cc2nc(-c3ccc[nH]3)cs2)CC1. The zero-order chi connectivity index (χ0) is 11.0. The Hall–Kier alpha value is -1.60. The number of nitrogens with zero attached hydrogens (tertiary/aromatic N) is 2. The highest BCUT2D eigenvalue weighted by Crippen LogP contribution is 2.48. The number of rotatable bonds is 3. The molecule has 3 nitrogen and oxygen atoms in total. The third-order valence-electron chi connectivity index (χ3n) is 3.01. The lowest BCUT2D eigenvalue weighted by Crippen LogP contribution is -2.00. The Balaban J connectivity index is 1.81. The molecule has 1 fully saturated rings. The van der Waals surface area contributed by atoms with Crippen molar-refractivity contribution in [1.82, 2.24) is 9.97 Å². The molecule has 0 saturated heterocycles. The van der Waals surface area contributed by atoms with Gasteiger partial charge in [-0.2, -0.15) is 5.26 Å². The summed E-state index contributed by atoms with van der Waals surface area (Å²) in [5, 5.41) is 12.2. The zero-order valence-electron chi connectivity index (χ0n) is 8.73. The van der Waals surface area contributed by atoms with Crippen molar-refractivity contribution in [3.8, 4) is 17.5 Å². The molecule has 0 atom stereocenters. The Morgan fingerprint density at radius 2 is 2.44 bits per heavy atom. The average Bonchev–Trinajstić information content (AvgIpc) is 2.72. The van der Waals surface area contributed by atoms with Gasteiger partial charge in [0.2, 0.25) is 0 Å². The number of aromatic nitrogens is 2. The van der Waals surface area contributed by atoms with Gasteiger partial charge in [0.15, 0.2) is 0 Å². The fourth-order valence-corrected chi connectivity index (χ4v) is 2.71. The van der Waals surface area contributed by atoms with E-state index in [0.29, 0.717) is 0 Å². The minimum absolute atomic E-state index is 0.0924. The average molecular weight is 229 g/mol. The van der Waals surface area contributed by atoms with Gasteiger partial charge in [0, 0.05) is 18.0 Å². The lowest BCUT2D eigenvalue weighted by Gasteiger charge is -1.99. The molecule has 1 N–H and O–H groups in total. The molecule has 0 amide bonds. The van der Waals surface area contributed by atoms with Crippen LogP contribution >= 0.6 is 11.3 Å². The Morgan fingerprint density at radius 1 is 1.56 bits per heavy atom. The molecule has 0 spiro atoms. The van der Waals surface area contributed by atoms with Crippen molar-refractivity contribution >= 4 is 11.3 Å². The predicted molar refractivity (Wildman–Crippen MR) is 62.9 cm³/mol. The van der Waals surface area contributed by atoms with E-state index < -0.39 is 0 Å². The lowest BCUT2D eigenvalue weighted by atomic mass is 10.1. The van der Waals surface area contributed by atoms with Gasteiger partial charge in [-0.3, -0.25) is 0 Å². The van der Waals surface area contributed by atoms with E-state index in [4.69, 9.17) is 5.26 Å². The first-order valence-electron chi connectivity index (χ1n) is 5.31. The molecule has 16 heavy (non-hydrogen) atoms. The van der Waals surface area contributed by atoms with Gasteiger partial charge in [0.05, 0.1) is 27.9 Å². The van der Waals surface area contributed by atoms with Crippen LogP contribution in [0, 0.1) is 16.7 Å². The van der Waals surface area contributed by atoms with Gasteiger partial charge in [-0.15, -0.1) is 11.3 Å². The molecule has 0 aromatic carbocycles. The highest BCUT2D eigenvalue weighted by Gasteiger charge is 2.43. The maximum absolute atomic E-state index is 9.03. The van der Waals surface area contributed by atoms with Crippen LogP contribution in [0.5, 0.6) is 0 Å². The summed E-state index contributed by atoms with van der Waals surface area (Å²) >= 11 is 1.65. The minimum Gasteiger partial charge on any atom is -0.360 e. The summed E-state index contributed by atoms with van der Waals surface area (Å²) in [7, 11) is 0. The van der Waals surface area contributed by atoms with E-state index in [9.17, 15) is 0 Å². The molecule has 2 aromatic heterocycles. The third kappa shape index (κ3) is 1.63. The molecule has 80 valence electrons.